The summed E-state index contributed by atoms with van der Waals surface area (Å²) in [4.78, 5) is 23.3. The van der Waals surface area contributed by atoms with E-state index >= 15 is 0 Å². The first-order chi connectivity index (χ1) is 14.7. The molecule has 174 valence electrons. The molecular formula is C24H42O6. The number of esters is 1. The quantitative estimate of drug-likeness (QED) is 0.202. The molecule has 3 saturated heterocycles. The second kappa shape index (κ2) is 12.4. The normalized spacial score (nSPS) is 32.3. The SMILES string of the molecule is CCCCCCCCC(=O)OC1COC2C1OCC21OOC1CCCCCCCC. The number of rotatable bonds is 15. The van der Waals surface area contributed by atoms with Gasteiger partial charge in [-0.05, 0) is 12.8 Å². The van der Waals surface area contributed by atoms with Crippen LogP contribution in [0.3, 0.4) is 0 Å². The van der Waals surface area contributed by atoms with Crippen molar-refractivity contribution in [1.29, 1.82) is 0 Å². The smallest absolute Gasteiger partial charge is 0.306 e. The second-order valence-electron chi connectivity index (χ2n) is 9.26. The number of carbonyl (C=O) groups excluding carboxylic acids is 1. The van der Waals surface area contributed by atoms with Gasteiger partial charge in [0.25, 0.3) is 0 Å². The molecule has 0 radical (unpaired) electrons. The van der Waals surface area contributed by atoms with Gasteiger partial charge in [0, 0.05) is 6.42 Å². The zero-order valence-electron chi connectivity index (χ0n) is 19.1. The van der Waals surface area contributed by atoms with Crippen molar-refractivity contribution in [2.75, 3.05) is 13.2 Å². The van der Waals surface area contributed by atoms with Gasteiger partial charge in [-0.1, -0.05) is 84.5 Å². The van der Waals surface area contributed by atoms with Gasteiger partial charge in [0.05, 0.1) is 13.2 Å². The van der Waals surface area contributed by atoms with E-state index in [0.717, 1.165) is 25.7 Å². The van der Waals surface area contributed by atoms with Crippen molar-refractivity contribution >= 4 is 5.97 Å². The maximum atomic E-state index is 12.2. The van der Waals surface area contributed by atoms with Crippen molar-refractivity contribution in [2.24, 2.45) is 0 Å². The lowest BCUT2D eigenvalue weighted by Gasteiger charge is -2.46. The number of unbranched alkanes of at least 4 members (excludes halogenated alkanes) is 10. The van der Waals surface area contributed by atoms with E-state index < -0.39 is 5.60 Å². The molecule has 1 spiro atoms. The fourth-order valence-corrected chi connectivity index (χ4v) is 4.87. The minimum atomic E-state index is -0.519. The Morgan fingerprint density at radius 1 is 0.900 bits per heavy atom. The summed E-state index contributed by atoms with van der Waals surface area (Å²) in [6, 6.07) is 0. The van der Waals surface area contributed by atoms with E-state index in [1.807, 2.05) is 0 Å². The minimum Gasteiger partial charge on any atom is -0.457 e. The average Bonchev–Trinajstić information content (AvgIpc) is 3.31. The summed E-state index contributed by atoms with van der Waals surface area (Å²) in [6.45, 7) is 5.28. The standard InChI is InChI=1S/C24H42O6/c1-3-5-7-9-11-13-15-20-24(30-29-20)18-27-22-19(17-26-23(22)24)28-21(25)16-14-12-10-8-6-4-2/h19-20,22-23H,3-18H2,1-2H3. The Kier molecular flexibility index (Phi) is 9.88. The Bertz CT molecular complexity index is 512. The Labute approximate surface area is 182 Å². The molecule has 6 heteroatoms. The van der Waals surface area contributed by atoms with Crippen LogP contribution in [0.15, 0.2) is 0 Å². The van der Waals surface area contributed by atoms with Gasteiger partial charge in [0.2, 0.25) is 0 Å². The van der Waals surface area contributed by atoms with E-state index in [2.05, 4.69) is 13.8 Å². The summed E-state index contributed by atoms with van der Waals surface area (Å²) < 4.78 is 17.7. The summed E-state index contributed by atoms with van der Waals surface area (Å²) in [6.07, 6.45) is 15.2. The predicted molar refractivity (Wildman–Crippen MR) is 114 cm³/mol. The van der Waals surface area contributed by atoms with Gasteiger partial charge in [-0.3, -0.25) is 4.79 Å². The molecule has 3 fully saturated rings. The Hall–Kier alpha value is -0.690. The lowest BCUT2D eigenvalue weighted by atomic mass is 9.85. The van der Waals surface area contributed by atoms with Gasteiger partial charge < -0.3 is 14.2 Å². The molecule has 3 heterocycles. The van der Waals surface area contributed by atoms with Crippen molar-refractivity contribution in [3.63, 3.8) is 0 Å². The highest BCUT2D eigenvalue weighted by Crippen LogP contribution is 2.47. The molecule has 0 aliphatic carbocycles. The molecule has 3 aliphatic rings. The maximum absolute atomic E-state index is 12.2. The fourth-order valence-electron chi connectivity index (χ4n) is 4.87. The van der Waals surface area contributed by atoms with Gasteiger partial charge in [0.1, 0.15) is 18.3 Å². The Balaban J connectivity index is 1.35. The summed E-state index contributed by atoms with van der Waals surface area (Å²) in [7, 11) is 0. The minimum absolute atomic E-state index is 0.0104. The number of carbonyl (C=O) groups is 1. The molecule has 0 saturated carbocycles. The lowest BCUT2D eigenvalue weighted by Crippen LogP contribution is -2.64. The van der Waals surface area contributed by atoms with E-state index in [0.29, 0.717) is 19.6 Å². The van der Waals surface area contributed by atoms with Crippen molar-refractivity contribution in [3.05, 3.63) is 0 Å². The largest absolute Gasteiger partial charge is 0.457 e. The molecule has 30 heavy (non-hydrogen) atoms. The fraction of sp³-hybridized carbons (Fsp3) is 0.958. The summed E-state index contributed by atoms with van der Waals surface area (Å²) in [5.41, 5.74) is -0.519. The molecule has 0 bridgehead atoms. The first kappa shape index (κ1) is 24.0. The number of hydrogen-bond acceptors (Lipinski definition) is 6. The van der Waals surface area contributed by atoms with Crippen LogP contribution in [0.2, 0.25) is 0 Å². The summed E-state index contributed by atoms with van der Waals surface area (Å²) >= 11 is 0. The highest BCUT2D eigenvalue weighted by Gasteiger charge is 2.67. The van der Waals surface area contributed by atoms with Crippen molar-refractivity contribution < 1.29 is 28.8 Å². The van der Waals surface area contributed by atoms with Crippen LogP contribution in [-0.4, -0.2) is 49.2 Å². The third kappa shape index (κ3) is 5.96. The summed E-state index contributed by atoms with van der Waals surface area (Å²) in [5, 5.41) is 0. The van der Waals surface area contributed by atoms with Crippen LogP contribution >= 0.6 is 0 Å². The molecule has 5 atom stereocenters. The molecule has 0 N–H and O–H groups in total. The van der Waals surface area contributed by atoms with Crippen molar-refractivity contribution in [1.82, 2.24) is 0 Å². The lowest BCUT2D eigenvalue weighted by molar-refractivity contribution is -0.519. The van der Waals surface area contributed by atoms with Crippen molar-refractivity contribution in [3.8, 4) is 0 Å². The molecule has 3 rings (SSSR count). The van der Waals surface area contributed by atoms with E-state index in [1.165, 1.54) is 57.8 Å². The zero-order chi connectivity index (χ0) is 21.2. The van der Waals surface area contributed by atoms with Gasteiger partial charge in [0.15, 0.2) is 11.7 Å². The molecular weight excluding hydrogens is 384 g/mol. The van der Waals surface area contributed by atoms with E-state index in [4.69, 9.17) is 24.0 Å². The average molecular weight is 427 g/mol. The Morgan fingerprint density at radius 3 is 2.23 bits per heavy atom. The van der Waals surface area contributed by atoms with Gasteiger partial charge >= 0.3 is 5.97 Å². The molecule has 0 amide bonds. The van der Waals surface area contributed by atoms with E-state index in [-0.39, 0.29) is 30.4 Å². The van der Waals surface area contributed by atoms with Crippen molar-refractivity contribution in [2.45, 2.75) is 134 Å². The highest BCUT2D eigenvalue weighted by molar-refractivity contribution is 5.69. The third-order valence-corrected chi connectivity index (χ3v) is 6.79. The van der Waals surface area contributed by atoms with Crippen LogP contribution in [0.5, 0.6) is 0 Å². The molecule has 3 aliphatic heterocycles. The zero-order valence-corrected chi connectivity index (χ0v) is 19.1. The maximum Gasteiger partial charge on any atom is 0.306 e. The topological polar surface area (TPSA) is 63.2 Å². The van der Waals surface area contributed by atoms with Gasteiger partial charge in [-0.2, -0.15) is 0 Å². The number of ether oxygens (including phenoxy) is 3. The van der Waals surface area contributed by atoms with Crippen LogP contribution in [0.1, 0.15) is 104 Å². The molecule has 0 aromatic carbocycles. The highest BCUT2D eigenvalue weighted by atomic mass is 17.3. The van der Waals surface area contributed by atoms with Gasteiger partial charge in [-0.25, -0.2) is 9.78 Å². The van der Waals surface area contributed by atoms with E-state index in [1.54, 1.807) is 0 Å². The molecule has 0 aromatic rings. The Morgan fingerprint density at radius 2 is 1.57 bits per heavy atom. The predicted octanol–water partition coefficient (Wildman–Crippen LogP) is 5.27. The van der Waals surface area contributed by atoms with Crippen LogP contribution < -0.4 is 0 Å². The number of fused-ring (bicyclic) bond motifs is 2. The van der Waals surface area contributed by atoms with Gasteiger partial charge in [-0.15, -0.1) is 0 Å². The molecule has 0 aromatic heterocycles. The first-order valence-corrected chi connectivity index (χ1v) is 12.5. The third-order valence-electron chi connectivity index (χ3n) is 6.79. The van der Waals surface area contributed by atoms with E-state index in [9.17, 15) is 4.79 Å². The monoisotopic (exact) mass is 426 g/mol. The molecule has 5 unspecified atom stereocenters. The van der Waals surface area contributed by atoms with Crippen LogP contribution in [0.25, 0.3) is 0 Å². The second-order valence-corrected chi connectivity index (χ2v) is 9.26. The van der Waals surface area contributed by atoms with Crippen LogP contribution in [-0.2, 0) is 28.8 Å². The summed E-state index contributed by atoms with van der Waals surface area (Å²) in [5.74, 6) is -0.140. The molecule has 6 nitrogen and oxygen atoms in total. The van der Waals surface area contributed by atoms with Crippen LogP contribution in [0, 0.1) is 0 Å². The first-order valence-electron chi connectivity index (χ1n) is 12.5. The number of hydrogen-bond donors (Lipinski definition) is 0. The van der Waals surface area contributed by atoms with Crippen LogP contribution in [0.4, 0.5) is 0 Å².